The monoisotopic (exact) mass is 521 g/mol. The number of piperidine rings is 1. The Bertz CT molecular complexity index is 1940. The summed E-state index contributed by atoms with van der Waals surface area (Å²) in [6.45, 7) is 5.54. The van der Waals surface area contributed by atoms with E-state index in [0.29, 0.717) is 29.4 Å². The number of fused-ring (bicyclic) bond motifs is 4. The summed E-state index contributed by atoms with van der Waals surface area (Å²) in [6, 6.07) is 14.1. The van der Waals surface area contributed by atoms with E-state index in [1.54, 1.807) is 14.0 Å². The molecule has 3 aromatic heterocycles. The van der Waals surface area contributed by atoms with Crippen molar-refractivity contribution >= 4 is 38.8 Å². The van der Waals surface area contributed by atoms with Crippen LogP contribution in [-0.4, -0.2) is 42.8 Å². The van der Waals surface area contributed by atoms with Crippen molar-refractivity contribution in [1.29, 1.82) is 0 Å². The first kappa shape index (κ1) is 24.9. The second-order valence-electron chi connectivity index (χ2n) is 10.3. The van der Waals surface area contributed by atoms with E-state index in [9.17, 15) is 9.59 Å². The van der Waals surface area contributed by atoms with E-state index in [1.807, 2.05) is 41.8 Å². The molecular formula is C30H31N7O2. The molecule has 0 saturated carbocycles. The van der Waals surface area contributed by atoms with Crippen molar-refractivity contribution in [1.82, 2.24) is 23.7 Å². The molecule has 0 unspecified atom stereocenters. The number of hydrogen-bond acceptors (Lipinski definition) is 6. The minimum Gasteiger partial charge on any atom is -0.341 e. The van der Waals surface area contributed by atoms with Gasteiger partial charge in [0.1, 0.15) is 0 Å². The first-order chi connectivity index (χ1) is 18.9. The van der Waals surface area contributed by atoms with Crippen LogP contribution in [0, 0.1) is 18.8 Å². The van der Waals surface area contributed by atoms with Gasteiger partial charge in [0.25, 0.3) is 5.56 Å². The van der Waals surface area contributed by atoms with Crippen LogP contribution in [0.4, 0.5) is 5.95 Å². The van der Waals surface area contributed by atoms with E-state index in [0.717, 1.165) is 46.6 Å². The van der Waals surface area contributed by atoms with Crippen LogP contribution in [0.1, 0.15) is 31.0 Å². The Morgan fingerprint density at radius 1 is 1.03 bits per heavy atom. The van der Waals surface area contributed by atoms with Crippen LogP contribution < -0.4 is 21.9 Å². The molecule has 6 rings (SSSR count). The fraction of sp³-hybridized carbons (Fsp3) is 0.333. The van der Waals surface area contributed by atoms with Gasteiger partial charge in [-0.1, -0.05) is 48.4 Å². The Morgan fingerprint density at radius 2 is 1.79 bits per heavy atom. The number of rotatable bonds is 4. The number of aromatic nitrogens is 5. The highest BCUT2D eigenvalue weighted by atomic mass is 16.2. The minimum atomic E-state index is -0.434. The van der Waals surface area contributed by atoms with Crippen LogP contribution in [0.25, 0.3) is 32.8 Å². The molecule has 0 amide bonds. The predicted octanol–water partition coefficient (Wildman–Crippen LogP) is 2.91. The van der Waals surface area contributed by atoms with Crippen LogP contribution in [0.3, 0.4) is 0 Å². The number of nitrogens with zero attached hydrogens (tertiary/aromatic N) is 6. The Balaban J connectivity index is 1.59. The SMILES string of the molecule is CC#CCn1c(N2CCC[C@@H](N)C2)nc2c1c(=O)n(Cc1nc3c(C)cccc3c3ccccc13)c(=O)n2C. The molecular weight excluding hydrogens is 490 g/mol. The molecule has 39 heavy (non-hydrogen) atoms. The van der Waals surface area contributed by atoms with E-state index < -0.39 is 11.2 Å². The first-order valence-electron chi connectivity index (χ1n) is 13.3. The summed E-state index contributed by atoms with van der Waals surface area (Å²) in [7, 11) is 1.66. The topological polar surface area (TPSA) is 104 Å². The predicted molar refractivity (Wildman–Crippen MR) is 155 cm³/mol. The Morgan fingerprint density at radius 3 is 2.56 bits per heavy atom. The number of pyridine rings is 1. The minimum absolute atomic E-state index is 0.0282. The fourth-order valence-electron chi connectivity index (χ4n) is 5.70. The summed E-state index contributed by atoms with van der Waals surface area (Å²) in [6.07, 6.45) is 1.89. The lowest BCUT2D eigenvalue weighted by molar-refractivity contribution is 0.496. The van der Waals surface area contributed by atoms with Gasteiger partial charge in [-0.3, -0.25) is 18.5 Å². The average molecular weight is 522 g/mol. The zero-order valence-electron chi connectivity index (χ0n) is 22.4. The quantitative estimate of drug-likeness (QED) is 0.288. The lowest BCUT2D eigenvalue weighted by Crippen LogP contribution is -2.44. The van der Waals surface area contributed by atoms with Gasteiger partial charge in [0, 0.05) is 37.0 Å². The Hall–Kier alpha value is -4.42. The van der Waals surface area contributed by atoms with Gasteiger partial charge in [-0.25, -0.2) is 9.78 Å². The molecule has 1 saturated heterocycles. The van der Waals surface area contributed by atoms with Crippen LogP contribution in [0.15, 0.2) is 52.1 Å². The summed E-state index contributed by atoms with van der Waals surface area (Å²) in [5.41, 5.74) is 8.71. The smallest absolute Gasteiger partial charge is 0.332 e. The zero-order chi connectivity index (χ0) is 27.3. The van der Waals surface area contributed by atoms with Gasteiger partial charge in [0.15, 0.2) is 11.2 Å². The van der Waals surface area contributed by atoms with Crippen LogP contribution in [-0.2, 0) is 20.1 Å². The van der Waals surface area contributed by atoms with Crippen molar-refractivity contribution in [2.45, 2.75) is 45.8 Å². The summed E-state index contributed by atoms with van der Waals surface area (Å²) in [5.74, 6) is 6.63. The van der Waals surface area contributed by atoms with Gasteiger partial charge in [0.2, 0.25) is 5.95 Å². The summed E-state index contributed by atoms with van der Waals surface area (Å²) < 4.78 is 4.55. The molecule has 1 atom stereocenters. The number of aryl methyl sites for hydroxylation is 2. The van der Waals surface area contributed by atoms with E-state index in [1.165, 1.54) is 9.13 Å². The maximum Gasteiger partial charge on any atom is 0.332 e. The molecule has 1 fully saturated rings. The summed E-state index contributed by atoms with van der Waals surface area (Å²) >= 11 is 0. The molecule has 0 radical (unpaired) electrons. The second-order valence-corrected chi connectivity index (χ2v) is 10.3. The van der Waals surface area contributed by atoms with Crippen molar-refractivity contribution in [3.63, 3.8) is 0 Å². The van der Waals surface area contributed by atoms with Gasteiger partial charge in [0.05, 0.1) is 24.3 Å². The second kappa shape index (κ2) is 9.71. The molecule has 1 aliphatic heterocycles. The molecule has 0 spiro atoms. The number of benzene rings is 2. The largest absolute Gasteiger partial charge is 0.341 e. The third-order valence-corrected chi connectivity index (χ3v) is 7.69. The van der Waals surface area contributed by atoms with Gasteiger partial charge in [-0.05, 0) is 37.6 Å². The molecule has 2 aromatic carbocycles. The van der Waals surface area contributed by atoms with Crippen LogP contribution in [0.2, 0.25) is 0 Å². The highest BCUT2D eigenvalue weighted by Crippen LogP contribution is 2.28. The number of imidazole rings is 1. The molecule has 2 N–H and O–H groups in total. The highest BCUT2D eigenvalue weighted by molar-refractivity contribution is 6.07. The third-order valence-electron chi connectivity index (χ3n) is 7.69. The van der Waals surface area contributed by atoms with E-state index >= 15 is 0 Å². The average Bonchev–Trinajstić information content (AvgIpc) is 3.33. The molecule has 9 nitrogen and oxygen atoms in total. The normalized spacial score (nSPS) is 15.7. The maximum atomic E-state index is 14.1. The van der Waals surface area contributed by atoms with Crippen molar-refractivity contribution in [2.24, 2.45) is 12.8 Å². The standard InChI is InChI=1S/C30H31N7O2/c1-4-5-16-36-26-27(33-29(36)35-15-9-11-20(31)17-35)34(3)30(39)37(28(26)38)18-24-22-13-7-6-12-21(22)23-14-8-10-19(2)25(23)32-24/h6-8,10,12-14,20H,9,11,15-18,31H2,1-3H3/t20-/m1/s1. The number of para-hydroxylation sites is 1. The van der Waals surface area contributed by atoms with Crippen LogP contribution >= 0.6 is 0 Å². The maximum absolute atomic E-state index is 14.1. The first-order valence-corrected chi connectivity index (χ1v) is 13.3. The van der Waals surface area contributed by atoms with Gasteiger partial charge < -0.3 is 10.6 Å². The van der Waals surface area contributed by atoms with Gasteiger partial charge in [-0.15, -0.1) is 5.92 Å². The van der Waals surface area contributed by atoms with E-state index in [2.05, 4.69) is 28.9 Å². The molecule has 9 heteroatoms. The molecule has 5 aromatic rings. The lowest BCUT2D eigenvalue weighted by atomic mass is 10.0. The van der Waals surface area contributed by atoms with Crippen molar-refractivity contribution in [3.8, 4) is 11.8 Å². The van der Waals surface area contributed by atoms with Crippen molar-refractivity contribution in [3.05, 3.63) is 74.6 Å². The highest BCUT2D eigenvalue weighted by Gasteiger charge is 2.26. The lowest BCUT2D eigenvalue weighted by Gasteiger charge is -2.31. The third kappa shape index (κ3) is 4.08. The zero-order valence-corrected chi connectivity index (χ0v) is 22.4. The molecule has 0 aliphatic carbocycles. The molecule has 4 heterocycles. The molecule has 1 aliphatic rings. The van der Waals surface area contributed by atoms with Crippen molar-refractivity contribution in [2.75, 3.05) is 18.0 Å². The number of nitrogens with two attached hydrogens (primary N) is 1. The molecule has 0 bridgehead atoms. The number of hydrogen-bond donors (Lipinski definition) is 1. The fourth-order valence-corrected chi connectivity index (χ4v) is 5.70. The van der Waals surface area contributed by atoms with Crippen molar-refractivity contribution < 1.29 is 0 Å². The molecule has 198 valence electrons. The van der Waals surface area contributed by atoms with E-state index in [-0.39, 0.29) is 19.1 Å². The Kier molecular flexibility index (Phi) is 6.20. The van der Waals surface area contributed by atoms with Gasteiger partial charge in [-0.2, -0.15) is 4.98 Å². The van der Waals surface area contributed by atoms with E-state index in [4.69, 9.17) is 15.7 Å². The summed E-state index contributed by atoms with van der Waals surface area (Å²) in [4.78, 5) is 39.6. The van der Waals surface area contributed by atoms with Gasteiger partial charge >= 0.3 is 5.69 Å². The van der Waals surface area contributed by atoms with Crippen LogP contribution in [0.5, 0.6) is 0 Å². The Labute approximate surface area is 225 Å². The number of anilines is 1. The summed E-state index contributed by atoms with van der Waals surface area (Å²) in [5, 5.41) is 3.00.